The predicted octanol–water partition coefficient (Wildman–Crippen LogP) is 0.862. The molecule has 3 fully saturated rings. The van der Waals surface area contributed by atoms with Crippen LogP contribution >= 0.6 is 0 Å². The molecular formula is C28H34N6O10. The first-order valence-corrected chi connectivity index (χ1v) is 14.2. The number of aromatic nitrogens is 3. The van der Waals surface area contributed by atoms with Crippen LogP contribution in [-0.2, 0) is 48.4 Å². The minimum absolute atomic E-state index is 0.120. The van der Waals surface area contributed by atoms with Crippen LogP contribution in [0.15, 0.2) is 18.5 Å². The second-order valence-electron chi connectivity index (χ2n) is 11.7. The lowest BCUT2D eigenvalue weighted by molar-refractivity contribution is -0.166. The zero-order valence-corrected chi connectivity index (χ0v) is 24.8. The van der Waals surface area contributed by atoms with E-state index in [-0.39, 0.29) is 31.0 Å². The Morgan fingerprint density at radius 3 is 2.61 bits per heavy atom. The van der Waals surface area contributed by atoms with E-state index >= 15 is 0 Å². The average Bonchev–Trinajstić information content (AvgIpc) is 3.62. The molecule has 16 nitrogen and oxygen atoms in total. The van der Waals surface area contributed by atoms with Gasteiger partial charge in [-0.05, 0) is 37.9 Å². The molecule has 16 heteroatoms. The quantitative estimate of drug-likeness (QED) is 0.354. The highest BCUT2D eigenvalue weighted by Crippen LogP contribution is 2.45. The molecule has 0 amide bonds. The van der Waals surface area contributed by atoms with Crippen LogP contribution in [0.5, 0.6) is 0 Å². The molecule has 0 aliphatic carbocycles. The molecule has 2 aromatic rings. The maximum absolute atomic E-state index is 13.1. The van der Waals surface area contributed by atoms with Crippen molar-refractivity contribution in [1.29, 1.82) is 5.26 Å². The molecule has 0 radical (unpaired) electrons. The molecule has 6 atom stereocenters. The van der Waals surface area contributed by atoms with Crippen LogP contribution < -0.4 is 5.73 Å². The summed E-state index contributed by atoms with van der Waals surface area (Å²) in [5.41, 5.74) is 3.61. The van der Waals surface area contributed by atoms with Crippen molar-refractivity contribution in [2.45, 2.75) is 76.1 Å². The number of carbonyl (C=O) groups excluding carboxylic acids is 4. The van der Waals surface area contributed by atoms with Crippen LogP contribution in [0, 0.1) is 16.7 Å². The Hall–Kier alpha value is -4.49. The molecule has 0 aromatic carbocycles. The van der Waals surface area contributed by atoms with E-state index in [4.69, 9.17) is 34.2 Å². The number of nitriles is 1. The first-order valence-electron chi connectivity index (χ1n) is 14.2. The highest BCUT2D eigenvalue weighted by molar-refractivity contribution is 5.78. The van der Waals surface area contributed by atoms with Crippen molar-refractivity contribution in [2.24, 2.45) is 5.41 Å². The van der Waals surface area contributed by atoms with E-state index in [1.807, 2.05) is 0 Å². The molecule has 3 aliphatic heterocycles. The van der Waals surface area contributed by atoms with Crippen molar-refractivity contribution >= 4 is 35.4 Å². The van der Waals surface area contributed by atoms with Crippen LogP contribution in [0.4, 0.5) is 10.6 Å². The number of nitrogens with two attached hydrogens (primary N) is 1. The van der Waals surface area contributed by atoms with E-state index in [9.17, 15) is 24.4 Å². The number of carbonyl (C=O) groups is 4. The van der Waals surface area contributed by atoms with Crippen molar-refractivity contribution < 1.29 is 47.6 Å². The average molecular weight is 615 g/mol. The number of esters is 3. The smallest absolute Gasteiger partial charge is 0.465 e. The van der Waals surface area contributed by atoms with Gasteiger partial charge in [0.25, 0.3) is 0 Å². The molecule has 3 saturated heterocycles. The fraction of sp³-hybridized carbons (Fsp3) is 0.607. The third-order valence-corrected chi connectivity index (χ3v) is 7.94. The number of hydrogen-bond acceptors (Lipinski definition) is 15. The van der Waals surface area contributed by atoms with Gasteiger partial charge in [0.05, 0.1) is 25.1 Å². The number of hydrogen-bond donors (Lipinski definition) is 1. The summed E-state index contributed by atoms with van der Waals surface area (Å²) in [5.74, 6) is -1.75. The molecule has 44 heavy (non-hydrogen) atoms. The highest BCUT2D eigenvalue weighted by Gasteiger charge is 2.63. The Bertz CT molecular complexity index is 1500. The van der Waals surface area contributed by atoms with Crippen LogP contribution in [0.2, 0.25) is 0 Å². The number of rotatable bonds is 6. The molecule has 2 aromatic heterocycles. The van der Waals surface area contributed by atoms with Gasteiger partial charge in [0.1, 0.15) is 42.8 Å². The molecule has 5 rings (SSSR count). The maximum atomic E-state index is 13.1. The number of likely N-dealkylation sites (N-methyl/N-ethyl adjacent to an activating group) is 1. The second kappa shape index (κ2) is 11.9. The van der Waals surface area contributed by atoms with E-state index < -0.39 is 72.1 Å². The Kier molecular flexibility index (Phi) is 8.36. The van der Waals surface area contributed by atoms with Gasteiger partial charge in [-0.2, -0.15) is 10.4 Å². The molecule has 5 heterocycles. The van der Waals surface area contributed by atoms with Gasteiger partial charge < -0.3 is 34.2 Å². The van der Waals surface area contributed by atoms with Gasteiger partial charge in [-0.1, -0.05) is 13.8 Å². The summed E-state index contributed by atoms with van der Waals surface area (Å²) < 4.78 is 35.1. The standard InChI is InChI=1S/C28H34N6O10/c1-5-39-25(37)21-16(8-9-33(21)4)41-26(38)40-12-17-22-23(43-20(36)11-27(2,3)10-19(35)42-22)28(13-29,44-17)18-7-6-15-24(30)31-14-32-34(15)18/h6-7,14,16-17,21-23H,5,8-12H2,1-4H3,(H2,30,31,32)/t16?,17-,21+,22-,23-,28+/m1/s1. The summed E-state index contributed by atoms with van der Waals surface area (Å²) in [4.78, 5) is 57.1. The summed E-state index contributed by atoms with van der Waals surface area (Å²) >= 11 is 0. The lowest BCUT2D eigenvalue weighted by Crippen LogP contribution is -2.46. The Balaban J connectivity index is 1.44. The van der Waals surface area contributed by atoms with Crippen LogP contribution in [0.25, 0.3) is 5.52 Å². The first kappa shape index (κ1) is 31.0. The maximum Gasteiger partial charge on any atom is 0.508 e. The normalized spacial score (nSPS) is 30.2. The highest BCUT2D eigenvalue weighted by atomic mass is 16.7. The number of likely N-dealkylation sites (tertiary alicyclic amines) is 1. The largest absolute Gasteiger partial charge is 0.508 e. The number of anilines is 1. The first-order chi connectivity index (χ1) is 20.9. The summed E-state index contributed by atoms with van der Waals surface area (Å²) in [5, 5.41) is 14.8. The molecule has 0 spiro atoms. The van der Waals surface area contributed by atoms with E-state index in [1.54, 1.807) is 38.8 Å². The predicted molar refractivity (Wildman–Crippen MR) is 146 cm³/mol. The number of fused-ring (bicyclic) bond motifs is 2. The molecular weight excluding hydrogens is 580 g/mol. The van der Waals surface area contributed by atoms with Gasteiger partial charge in [-0.25, -0.2) is 14.3 Å². The summed E-state index contributed by atoms with van der Waals surface area (Å²) in [6.07, 6.45) is -4.77. The zero-order valence-electron chi connectivity index (χ0n) is 24.8. The molecule has 3 aliphatic rings. The minimum Gasteiger partial charge on any atom is -0.465 e. The SMILES string of the molecule is CCOC(=O)[C@@H]1C(OC(=O)OC[C@H]2O[C@@](C#N)(c3ccc4c(N)ncnn34)[C@@H]3OC(=O)CC(C)(C)CC(=O)O[C@@H]32)CCN1C. The van der Waals surface area contributed by atoms with E-state index in [1.165, 1.54) is 16.9 Å². The Labute approximate surface area is 252 Å². The monoisotopic (exact) mass is 614 g/mol. The topological polar surface area (TPSA) is 207 Å². The molecule has 0 bridgehead atoms. The summed E-state index contributed by atoms with van der Waals surface area (Å²) in [6.45, 7) is 5.20. The zero-order chi connectivity index (χ0) is 31.8. The molecule has 2 N–H and O–H groups in total. The fourth-order valence-electron chi connectivity index (χ4n) is 5.93. The van der Waals surface area contributed by atoms with Gasteiger partial charge in [0, 0.05) is 6.54 Å². The van der Waals surface area contributed by atoms with Gasteiger partial charge in [-0.15, -0.1) is 0 Å². The van der Waals surface area contributed by atoms with Gasteiger partial charge in [-0.3, -0.25) is 19.3 Å². The van der Waals surface area contributed by atoms with Crippen molar-refractivity contribution in [2.75, 3.05) is 32.5 Å². The third-order valence-electron chi connectivity index (χ3n) is 7.94. The van der Waals surface area contributed by atoms with Gasteiger partial charge >= 0.3 is 24.1 Å². The number of ether oxygens (including phenoxy) is 6. The van der Waals surface area contributed by atoms with E-state index in [2.05, 4.69) is 16.2 Å². The fourth-order valence-corrected chi connectivity index (χ4v) is 5.93. The minimum atomic E-state index is -2.07. The lowest BCUT2D eigenvalue weighted by atomic mass is 9.86. The number of nitrogens with zero attached hydrogens (tertiary/aromatic N) is 5. The van der Waals surface area contributed by atoms with E-state index in [0.29, 0.717) is 18.5 Å². The van der Waals surface area contributed by atoms with Crippen LogP contribution in [0.1, 0.15) is 45.7 Å². The summed E-state index contributed by atoms with van der Waals surface area (Å²) in [6, 6.07) is 4.35. The van der Waals surface area contributed by atoms with E-state index in [0.717, 1.165) is 0 Å². The molecule has 1 unspecified atom stereocenters. The van der Waals surface area contributed by atoms with Crippen LogP contribution in [-0.4, -0.2) is 101 Å². The summed E-state index contributed by atoms with van der Waals surface area (Å²) in [7, 11) is 1.71. The van der Waals surface area contributed by atoms with Crippen molar-refractivity contribution in [3.8, 4) is 6.07 Å². The van der Waals surface area contributed by atoms with Crippen LogP contribution in [0.3, 0.4) is 0 Å². The lowest BCUT2D eigenvalue weighted by Gasteiger charge is -2.28. The van der Waals surface area contributed by atoms with Gasteiger partial charge in [0.2, 0.25) is 5.60 Å². The Morgan fingerprint density at radius 1 is 1.18 bits per heavy atom. The Morgan fingerprint density at radius 2 is 1.91 bits per heavy atom. The van der Waals surface area contributed by atoms with Crippen molar-refractivity contribution in [3.05, 3.63) is 24.2 Å². The number of nitrogen functional groups attached to an aromatic ring is 1. The van der Waals surface area contributed by atoms with Crippen molar-refractivity contribution in [3.63, 3.8) is 0 Å². The second-order valence-corrected chi connectivity index (χ2v) is 11.7. The third kappa shape index (κ3) is 5.72. The van der Waals surface area contributed by atoms with Crippen molar-refractivity contribution in [1.82, 2.24) is 19.5 Å². The molecule has 0 saturated carbocycles. The van der Waals surface area contributed by atoms with Gasteiger partial charge in [0.15, 0.2) is 18.0 Å². The molecule has 236 valence electrons.